The van der Waals surface area contributed by atoms with E-state index in [1.54, 1.807) is 61.5 Å². The number of carbonyl (C=O) groups excluding carboxylic acids is 3. The first-order valence-electron chi connectivity index (χ1n) is 11.8. The molecule has 0 radical (unpaired) electrons. The second-order valence-corrected chi connectivity index (χ2v) is 8.15. The van der Waals surface area contributed by atoms with Gasteiger partial charge in [0.1, 0.15) is 11.3 Å². The summed E-state index contributed by atoms with van der Waals surface area (Å²) >= 11 is 0. The van der Waals surface area contributed by atoms with Crippen LogP contribution in [0.25, 0.3) is 16.9 Å². The number of rotatable bonds is 8. The molecule has 0 saturated carbocycles. The first-order chi connectivity index (χ1) is 18.4. The Balaban J connectivity index is 1.84. The van der Waals surface area contributed by atoms with Crippen molar-refractivity contribution in [2.45, 2.75) is 13.8 Å². The van der Waals surface area contributed by atoms with Gasteiger partial charge < -0.3 is 18.9 Å². The Hall–Kier alpha value is -4.92. The average molecular weight is 515 g/mol. The maximum atomic E-state index is 12.9. The molecule has 1 heterocycles. The summed E-state index contributed by atoms with van der Waals surface area (Å²) < 4.78 is 22.7. The number of carbonyl (C=O) groups is 3. The lowest BCUT2D eigenvalue weighted by Gasteiger charge is -2.12. The fourth-order valence-corrected chi connectivity index (χ4v) is 3.81. The number of aromatic nitrogens is 2. The fraction of sp³-hybridized carbons (Fsp3) is 0.172. The molecule has 9 nitrogen and oxygen atoms in total. The Morgan fingerprint density at radius 2 is 1.50 bits per heavy atom. The van der Waals surface area contributed by atoms with E-state index in [4.69, 9.17) is 18.9 Å². The van der Waals surface area contributed by atoms with Crippen LogP contribution < -0.4 is 9.47 Å². The predicted octanol–water partition coefficient (Wildman–Crippen LogP) is 5.04. The van der Waals surface area contributed by atoms with Crippen molar-refractivity contribution in [3.05, 3.63) is 95.2 Å². The van der Waals surface area contributed by atoms with Gasteiger partial charge in [-0.25, -0.2) is 19.1 Å². The van der Waals surface area contributed by atoms with E-state index in [1.807, 2.05) is 25.1 Å². The zero-order valence-electron chi connectivity index (χ0n) is 21.4. The number of hydrogen-bond acceptors (Lipinski definition) is 8. The summed E-state index contributed by atoms with van der Waals surface area (Å²) in [6.45, 7) is 4.00. The van der Waals surface area contributed by atoms with Crippen molar-refractivity contribution < 1.29 is 33.3 Å². The average Bonchev–Trinajstić information content (AvgIpc) is 3.35. The molecule has 1 aromatic heterocycles. The number of methoxy groups -OCH3 is 2. The highest BCUT2D eigenvalue weighted by Gasteiger charge is 2.31. The first-order valence-corrected chi connectivity index (χ1v) is 11.8. The van der Waals surface area contributed by atoms with Gasteiger partial charge >= 0.3 is 17.9 Å². The third-order valence-corrected chi connectivity index (χ3v) is 5.66. The van der Waals surface area contributed by atoms with E-state index in [0.29, 0.717) is 16.8 Å². The Bertz CT molecular complexity index is 1480. The molecule has 0 amide bonds. The van der Waals surface area contributed by atoms with Gasteiger partial charge in [-0.15, -0.1) is 0 Å². The molecule has 4 rings (SSSR count). The zero-order valence-corrected chi connectivity index (χ0v) is 21.4. The Kier molecular flexibility index (Phi) is 7.86. The third kappa shape index (κ3) is 5.27. The highest BCUT2D eigenvalue weighted by molar-refractivity contribution is 6.07. The summed E-state index contributed by atoms with van der Waals surface area (Å²) in [7, 11) is 2.43. The van der Waals surface area contributed by atoms with Gasteiger partial charge in [0, 0.05) is 5.56 Å². The molecule has 0 fully saturated rings. The Labute approximate surface area is 219 Å². The topological polar surface area (TPSA) is 106 Å². The Morgan fingerprint density at radius 1 is 0.816 bits per heavy atom. The molecule has 0 aliphatic rings. The quantitative estimate of drug-likeness (QED) is 0.238. The highest BCUT2D eigenvalue weighted by Crippen LogP contribution is 2.36. The summed E-state index contributed by atoms with van der Waals surface area (Å²) in [6.07, 6.45) is 0. The molecule has 0 N–H and O–H groups in total. The van der Waals surface area contributed by atoms with Crippen LogP contribution in [0.4, 0.5) is 0 Å². The molecular formula is C29H26N2O7. The number of benzene rings is 3. The molecule has 4 aromatic rings. The van der Waals surface area contributed by atoms with Crippen LogP contribution in [0.15, 0.2) is 72.8 Å². The van der Waals surface area contributed by atoms with Gasteiger partial charge in [-0.2, -0.15) is 5.10 Å². The van der Waals surface area contributed by atoms with Crippen LogP contribution in [0.1, 0.15) is 43.7 Å². The van der Waals surface area contributed by atoms with E-state index in [9.17, 15) is 14.4 Å². The van der Waals surface area contributed by atoms with Crippen LogP contribution in [0.5, 0.6) is 11.5 Å². The van der Waals surface area contributed by atoms with Gasteiger partial charge in [0.05, 0.1) is 32.1 Å². The first kappa shape index (κ1) is 26.2. The van der Waals surface area contributed by atoms with Crippen LogP contribution >= 0.6 is 0 Å². The second kappa shape index (κ2) is 11.4. The number of nitrogens with zero attached hydrogens (tertiary/aromatic N) is 2. The summed E-state index contributed by atoms with van der Waals surface area (Å²) in [5.41, 5.74) is 2.38. The van der Waals surface area contributed by atoms with Crippen LogP contribution in [0, 0.1) is 6.92 Å². The van der Waals surface area contributed by atoms with Crippen molar-refractivity contribution in [3.8, 4) is 28.4 Å². The third-order valence-electron chi connectivity index (χ3n) is 5.66. The maximum Gasteiger partial charge on any atom is 0.357 e. The maximum absolute atomic E-state index is 12.9. The molecule has 3 aromatic carbocycles. The molecule has 0 atom stereocenters. The molecule has 0 bridgehead atoms. The van der Waals surface area contributed by atoms with Gasteiger partial charge in [0.2, 0.25) is 0 Å². The number of para-hydroxylation sites is 1. The molecule has 9 heteroatoms. The zero-order chi connectivity index (χ0) is 27.2. The van der Waals surface area contributed by atoms with Crippen LogP contribution in [-0.4, -0.2) is 48.5 Å². The molecule has 38 heavy (non-hydrogen) atoms. The van der Waals surface area contributed by atoms with E-state index in [-0.39, 0.29) is 35.1 Å². The van der Waals surface area contributed by atoms with Crippen LogP contribution in [-0.2, 0) is 9.47 Å². The summed E-state index contributed by atoms with van der Waals surface area (Å²) in [5.74, 6) is -1.63. The van der Waals surface area contributed by atoms with E-state index in [0.717, 1.165) is 5.56 Å². The molecule has 0 unspecified atom stereocenters. The van der Waals surface area contributed by atoms with E-state index in [1.165, 1.54) is 18.9 Å². The molecule has 0 aliphatic heterocycles. The number of ether oxygens (including phenoxy) is 4. The minimum absolute atomic E-state index is 0.0740. The SMILES string of the molecule is CCOc1cc(-c2nn(-c3ccccc3)c(C(=O)OC)c2C(=O)OC)ccc1OC(=O)c1ccc(C)cc1. The lowest BCUT2D eigenvalue weighted by atomic mass is 10.0. The normalized spacial score (nSPS) is 10.5. The predicted molar refractivity (Wildman–Crippen MR) is 139 cm³/mol. The fourth-order valence-electron chi connectivity index (χ4n) is 3.81. The van der Waals surface area contributed by atoms with Gasteiger partial charge in [0.25, 0.3) is 0 Å². The lowest BCUT2D eigenvalue weighted by molar-refractivity contribution is 0.0549. The van der Waals surface area contributed by atoms with Gasteiger partial charge in [-0.1, -0.05) is 35.9 Å². The number of aryl methyl sites for hydroxylation is 1. The summed E-state index contributed by atoms with van der Waals surface area (Å²) in [4.78, 5) is 38.5. The van der Waals surface area contributed by atoms with Crippen molar-refractivity contribution in [2.75, 3.05) is 20.8 Å². The Morgan fingerprint density at radius 3 is 2.13 bits per heavy atom. The largest absolute Gasteiger partial charge is 0.490 e. The molecular weight excluding hydrogens is 488 g/mol. The van der Waals surface area contributed by atoms with E-state index >= 15 is 0 Å². The van der Waals surface area contributed by atoms with Crippen molar-refractivity contribution in [1.29, 1.82) is 0 Å². The van der Waals surface area contributed by atoms with Crippen molar-refractivity contribution in [1.82, 2.24) is 9.78 Å². The smallest absolute Gasteiger partial charge is 0.357 e. The minimum Gasteiger partial charge on any atom is -0.490 e. The van der Waals surface area contributed by atoms with Crippen molar-refractivity contribution >= 4 is 17.9 Å². The van der Waals surface area contributed by atoms with E-state index in [2.05, 4.69) is 5.10 Å². The van der Waals surface area contributed by atoms with Crippen LogP contribution in [0.2, 0.25) is 0 Å². The summed E-state index contributed by atoms with van der Waals surface area (Å²) in [6, 6.07) is 20.6. The van der Waals surface area contributed by atoms with Crippen LogP contribution in [0.3, 0.4) is 0 Å². The monoisotopic (exact) mass is 514 g/mol. The number of esters is 3. The minimum atomic E-state index is -0.768. The number of hydrogen-bond donors (Lipinski definition) is 0. The van der Waals surface area contributed by atoms with Gasteiger partial charge in [-0.3, -0.25) is 0 Å². The standard InChI is InChI=1S/C29H26N2O7/c1-5-37-23-17-20(15-16-22(23)38-27(32)19-13-11-18(2)12-14-19)25-24(28(33)35-3)26(29(34)36-4)31(30-25)21-9-7-6-8-10-21/h6-17H,5H2,1-4H3. The lowest BCUT2D eigenvalue weighted by Crippen LogP contribution is -2.15. The summed E-state index contributed by atoms with van der Waals surface area (Å²) in [5, 5.41) is 4.59. The highest BCUT2D eigenvalue weighted by atomic mass is 16.6. The van der Waals surface area contributed by atoms with Crippen molar-refractivity contribution in [2.24, 2.45) is 0 Å². The molecule has 0 spiro atoms. The van der Waals surface area contributed by atoms with E-state index < -0.39 is 17.9 Å². The second-order valence-electron chi connectivity index (χ2n) is 8.15. The molecule has 0 aliphatic carbocycles. The molecule has 194 valence electrons. The molecule has 0 saturated heterocycles. The van der Waals surface area contributed by atoms with Gasteiger partial charge in [-0.05, 0) is 56.3 Å². The van der Waals surface area contributed by atoms with Crippen molar-refractivity contribution in [3.63, 3.8) is 0 Å². The van der Waals surface area contributed by atoms with Gasteiger partial charge in [0.15, 0.2) is 17.2 Å².